The van der Waals surface area contributed by atoms with Gasteiger partial charge in [-0.15, -0.1) is 0 Å². The average molecular weight is 495 g/mol. The number of halogens is 3. The van der Waals surface area contributed by atoms with Gasteiger partial charge in [-0.3, -0.25) is 9.78 Å². The second kappa shape index (κ2) is 8.87. The first-order chi connectivity index (χ1) is 16.4. The van der Waals surface area contributed by atoms with Crippen molar-refractivity contribution in [2.45, 2.75) is 38.0 Å². The molecule has 1 aromatic heterocycles. The second-order valence-corrected chi connectivity index (χ2v) is 9.42. The molecule has 4 rings (SSSR count). The van der Waals surface area contributed by atoms with Gasteiger partial charge in [-0.1, -0.05) is 13.8 Å². The zero-order valence-corrected chi connectivity index (χ0v) is 19.7. The molecule has 0 radical (unpaired) electrons. The molecule has 3 heterocycles. The summed E-state index contributed by atoms with van der Waals surface area (Å²) >= 11 is 0. The van der Waals surface area contributed by atoms with Crippen molar-refractivity contribution in [2.75, 3.05) is 44.4 Å². The highest BCUT2D eigenvalue weighted by Crippen LogP contribution is 2.44. The van der Waals surface area contributed by atoms with E-state index in [1.807, 2.05) is 18.7 Å². The van der Waals surface area contributed by atoms with Gasteiger partial charge < -0.3 is 29.9 Å². The number of carbonyl (C=O) groups is 1. The highest BCUT2D eigenvalue weighted by molar-refractivity contribution is 5.95. The van der Waals surface area contributed by atoms with Crippen LogP contribution in [0.4, 0.5) is 18.9 Å². The predicted molar refractivity (Wildman–Crippen MR) is 121 cm³/mol. The van der Waals surface area contributed by atoms with Crippen LogP contribution in [0.25, 0.3) is 0 Å². The molecule has 2 aliphatic heterocycles. The van der Waals surface area contributed by atoms with E-state index < -0.39 is 35.3 Å². The van der Waals surface area contributed by atoms with Crippen molar-refractivity contribution in [1.29, 1.82) is 0 Å². The summed E-state index contributed by atoms with van der Waals surface area (Å²) in [5.41, 5.74) is -3.06. The van der Waals surface area contributed by atoms with Crippen LogP contribution in [0.1, 0.15) is 41.2 Å². The molecule has 11 heteroatoms. The van der Waals surface area contributed by atoms with Crippen molar-refractivity contribution < 1.29 is 37.7 Å². The Morgan fingerprint density at radius 2 is 2.00 bits per heavy atom. The largest absolute Gasteiger partial charge is 0.490 e. The molecule has 0 spiro atoms. The molecule has 0 aliphatic carbocycles. The lowest BCUT2D eigenvalue weighted by Gasteiger charge is -2.32. The topological polar surface area (TPSA) is 104 Å². The van der Waals surface area contributed by atoms with Crippen molar-refractivity contribution in [3.63, 3.8) is 0 Å². The van der Waals surface area contributed by atoms with E-state index in [0.29, 0.717) is 42.4 Å². The molecular weight excluding hydrogens is 467 g/mol. The van der Waals surface area contributed by atoms with Crippen LogP contribution in [-0.4, -0.2) is 66.7 Å². The Morgan fingerprint density at radius 1 is 1.26 bits per heavy atom. The fourth-order valence-corrected chi connectivity index (χ4v) is 4.31. The number of nitrogens with zero attached hydrogens (tertiary/aromatic N) is 2. The highest BCUT2D eigenvalue weighted by Gasteiger charge is 2.57. The van der Waals surface area contributed by atoms with Gasteiger partial charge in [0.2, 0.25) is 5.60 Å². The van der Waals surface area contributed by atoms with Crippen LogP contribution in [0.15, 0.2) is 24.3 Å². The molecule has 2 aliphatic rings. The summed E-state index contributed by atoms with van der Waals surface area (Å²) in [6, 6.07) is 5.70. The molecule has 0 bridgehead atoms. The number of carbonyl (C=O) groups excluding carboxylic acids is 1. The first kappa shape index (κ1) is 25.1. The van der Waals surface area contributed by atoms with E-state index in [4.69, 9.17) is 9.47 Å². The molecule has 190 valence electrons. The van der Waals surface area contributed by atoms with Gasteiger partial charge in [0.1, 0.15) is 18.1 Å². The third-order valence-electron chi connectivity index (χ3n) is 6.40. The van der Waals surface area contributed by atoms with Crippen molar-refractivity contribution in [3.05, 3.63) is 46.8 Å². The van der Waals surface area contributed by atoms with Gasteiger partial charge in [-0.25, -0.2) is 0 Å². The Kier molecular flexibility index (Phi) is 6.35. The summed E-state index contributed by atoms with van der Waals surface area (Å²) in [7, 11) is 0. The summed E-state index contributed by atoms with van der Waals surface area (Å²) < 4.78 is 53.6. The average Bonchev–Trinajstić information content (AvgIpc) is 3.11. The van der Waals surface area contributed by atoms with Gasteiger partial charge in [0, 0.05) is 23.1 Å². The van der Waals surface area contributed by atoms with E-state index in [2.05, 4.69) is 10.3 Å². The number of benzene rings is 1. The smallest absolute Gasteiger partial charge is 0.424 e. The lowest BCUT2D eigenvalue weighted by atomic mass is 9.84. The molecule has 1 unspecified atom stereocenters. The van der Waals surface area contributed by atoms with Gasteiger partial charge in [-0.2, -0.15) is 13.2 Å². The van der Waals surface area contributed by atoms with Gasteiger partial charge in [0.15, 0.2) is 0 Å². The summed E-state index contributed by atoms with van der Waals surface area (Å²) in [5.74, 6) is -0.00177. The number of aryl methyl sites for hydroxylation is 1. The normalized spacial score (nSPS) is 18.1. The molecule has 1 atom stereocenters. The van der Waals surface area contributed by atoms with Crippen LogP contribution in [0.5, 0.6) is 11.5 Å². The number of ether oxygens (including phenoxy) is 2. The summed E-state index contributed by atoms with van der Waals surface area (Å²) in [4.78, 5) is 18.6. The summed E-state index contributed by atoms with van der Waals surface area (Å²) in [6.07, 6.45) is -5.11. The molecule has 2 aromatic rings. The third-order valence-corrected chi connectivity index (χ3v) is 6.40. The van der Waals surface area contributed by atoms with Crippen LogP contribution in [-0.2, 0) is 11.0 Å². The highest BCUT2D eigenvalue weighted by atomic mass is 19.4. The first-order valence-electron chi connectivity index (χ1n) is 11.2. The van der Waals surface area contributed by atoms with Crippen LogP contribution < -0.4 is 19.7 Å². The number of aromatic nitrogens is 1. The Labute approximate surface area is 200 Å². The van der Waals surface area contributed by atoms with Gasteiger partial charge in [0.05, 0.1) is 43.4 Å². The minimum Gasteiger partial charge on any atom is -0.490 e. The Balaban J connectivity index is 1.60. The zero-order chi connectivity index (χ0) is 25.6. The molecule has 0 fully saturated rings. The van der Waals surface area contributed by atoms with Crippen molar-refractivity contribution in [1.82, 2.24) is 10.3 Å². The second-order valence-electron chi connectivity index (χ2n) is 9.42. The van der Waals surface area contributed by atoms with Crippen LogP contribution in [0, 0.1) is 6.92 Å². The molecule has 8 nitrogen and oxygen atoms in total. The van der Waals surface area contributed by atoms with Gasteiger partial charge >= 0.3 is 6.18 Å². The molecule has 3 N–H and O–H groups in total. The number of amides is 1. The number of anilines is 1. The SMILES string of the molecule is Cc1nc(C(O)(CNC(=O)c2ccc3c(c2)OCCN3CCO)C(F)(F)F)cc2c1OCC2(C)C. The fraction of sp³-hybridized carbons (Fsp3) is 0.500. The van der Waals surface area contributed by atoms with E-state index in [1.54, 1.807) is 6.07 Å². The van der Waals surface area contributed by atoms with E-state index in [9.17, 15) is 28.2 Å². The van der Waals surface area contributed by atoms with E-state index in [1.165, 1.54) is 25.1 Å². The van der Waals surface area contributed by atoms with Crippen LogP contribution in [0.3, 0.4) is 0 Å². The molecule has 1 amide bonds. The number of hydrogen-bond acceptors (Lipinski definition) is 7. The van der Waals surface area contributed by atoms with Crippen molar-refractivity contribution >= 4 is 11.6 Å². The molecule has 35 heavy (non-hydrogen) atoms. The predicted octanol–water partition coefficient (Wildman–Crippen LogP) is 2.43. The van der Waals surface area contributed by atoms with Crippen LogP contribution >= 0.6 is 0 Å². The summed E-state index contributed by atoms with van der Waals surface area (Å²) in [5, 5.41) is 22.3. The molecule has 1 aromatic carbocycles. The molecule has 0 saturated heterocycles. The number of aliphatic hydroxyl groups is 2. The number of nitrogens with one attached hydrogen (secondary N) is 1. The third kappa shape index (κ3) is 4.50. The fourth-order valence-electron chi connectivity index (χ4n) is 4.31. The zero-order valence-electron chi connectivity index (χ0n) is 19.7. The van der Waals surface area contributed by atoms with Crippen LogP contribution in [0.2, 0.25) is 0 Å². The van der Waals surface area contributed by atoms with Crippen molar-refractivity contribution in [3.8, 4) is 11.5 Å². The standard InChI is InChI=1S/C24H28F3N3O5/c1-14-20-16(22(2,3)13-35-20)11-19(29-14)23(33,24(25,26)27)12-28-21(32)15-4-5-17-18(10-15)34-9-7-30(17)6-8-31/h4-5,10-11,31,33H,6-9,12-13H2,1-3H3,(H,28,32). The van der Waals surface area contributed by atoms with Gasteiger partial charge in [0.25, 0.3) is 5.91 Å². The number of aliphatic hydroxyl groups excluding tert-OH is 1. The van der Waals surface area contributed by atoms with E-state index >= 15 is 0 Å². The van der Waals surface area contributed by atoms with E-state index in [0.717, 1.165) is 0 Å². The maximum absolute atomic E-state index is 14.1. The number of rotatable bonds is 6. The number of alkyl halides is 3. The minimum absolute atomic E-state index is 0.0583. The maximum Gasteiger partial charge on any atom is 0.424 e. The molecule has 0 saturated carbocycles. The molecular formula is C24H28F3N3O5. The lowest BCUT2D eigenvalue weighted by Crippen LogP contribution is -2.51. The Bertz CT molecular complexity index is 1140. The minimum atomic E-state index is -5.11. The Morgan fingerprint density at radius 3 is 2.69 bits per heavy atom. The number of β-amino-alcohol motifs (C(OH)–C–C–N with tert-alkyl or cyclic N) is 1. The van der Waals surface area contributed by atoms with E-state index in [-0.39, 0.29) is 24.5 Å². The quantitative estimate of drug-likeness (QED) is 0.566. The summed E-state index contributed by atoms with van der Waals surface area (Å²) in [6.45, 7) is 5.57. The number of pyridine rings is 1. The maximum atomic E-state index is 14.1. The van der Waals surface area contributed by atoms with Crippen molar-refractivity contribution in [2.24, 2.45) is 0 Å². The first-order valence-corrected chi connectivity index (χ1v) is 11.2. The number of fused-ring (bicyclic) bond motifs is 2. The lowest BCUT2D eigenvalue weighted by molar-refractivity contribution is -0.265. The monoisotopic (exact) mass is 495 g/mol. The Hall–Kier alpha value is -3.05. The van der Waals surface area contributed by atoms with Gasteiger partial charge in [-0.05, 0) is 31.2 Å². The number of hydrogen-bond donors (Lipinski definition) is 3.